The zero-order valence-electron chi connectivity index (χ0n) is 10.6. The quantitative estimate of drug-likeness (QED) is 0.686. The molecule has 1 heterocycles. The van der Waals surface area contributed by atoms with Crippen molar-refractivity contribution in [3.05, 3.63) is 0 Å². The van der Waals surface area contributed by atoms with Gasteiger partial charge in [0.2, 0.25) is 11.8 Å². The van der Waals surface area contributed by atoms with E-state index in [1.165, 1.54) is 0 Å². The Morgan fingerprint density at radius 1 is 1.17 bits per heavy atom. The maximum Gasteiger partial charge on any atom is 0.318 e. The molecule has 0 atom stereocenters. The molecule has 18 heavy (non-hydrogen) atoms. The SMILES string of the molecule is CC(=O)N1CCCN(CCC(=O)NC(N)=O)CC1. The van der Waals surface area contributed by atoms with E-state index >= 15 is 0 Å². The van der Waals surface area contributed by atoms with Crippen molar-refractivity contribution >= 4 is 17.8 Å². The van der Waals surface area contributed by atoms with E-state index in [4.69, 9.17) is 5.73 Å². The average molecular weight is 256 g/mol. The third kappa shape index (κ3) is 5.13. The first kappa shape index (κ1) is 14.4. The second-order valence-corrected chi connectivity index (χ2v) is 4.36. The topological polar surface area (TPSA) is 95.7 Å². The first-order valence-electron chi connectivity index (χ1n) is 6.06. The summed E-state index contributed by atoms with van der Waals surface area (Å²) in [7, 11) is 0. The first-order valence-corrected chi connectivity index (χ1v) is 6.06. The lowest BCUT2D eigenvalue weighted by Crippen LogP contribution is -2.38. The van der Waals surface area contributed by atoms with E-state index < -0.39 is 6.03 Å². The van der Waals surface area contributed by atoms with Crippen molar-refractivity contribution < 1.29 is 14.4 Å². The molecule has 0 radical (unpaired) electrons. The van der Waals surface area contributed by atoms with Crippen LogP contribution in [0.25, 0.3) is 0 Å². The molecule has 7 heteroatoms. The third-order valence-electron chi connectivity index (χ3n) is 2.95. The van der Waals surface area contributed by atoms with Gasteiger partial charge in [0.1, 0.15) is 0 Å². The fourth-order valence-electron chi connectivity index (χ4n) is 1.97. The molecule has 0 aromatic carbocycles. The average Bonchev–Trinajstić information content (AvgIpc) is 2.50. The van der Waals surface area contributed by atoms with Crippen LogP contribution in [0.2, 0.25) is 0 Å². The molecule has 0 unspecified atom stereocenters. The largest absolute Gasteiger partial charge is 0.351 e. The van der Waals surface area contributed by atoms with Gasteiger partial charge >= 0.3 is 6.03 Å². The number of primary amides is 1. The third-order valence-corrected chi connectivity index (χ3v) is 2.95. The molecule has 1 aliphatic heterocycles. The van der Waals surface area contributed by atoms with Crippen LogP contribution in [0.3, 0.4) is 0 Å². The summed E-state index contributed by atoms with van der Waals surface area (Å²) in [6, 6.07) is -0.821. The van der Waals surface area contributed by atoms with Crippen LogP contribution in [0.5, 0.6) is 0 Å². The smallest absolute Gasteiger partial charge is 0.318 e. The number of rotatable bonds is 3. The van der Waals surface area contributed by atoms with Crippen LogP contribution < -0.4 is 11.1 Å². The van der Waals surface area contributed by atoms with Gasteiger partial charge in [0, 0.05) is 39.5 Å². The Balaban J connectivity index is 2.29. The minimum absolute atomic E-state index is 0.0864. The summed E-state index contributed by atoms with van der Waals surface area (Å²) in [6.07, 6.45) is 1.14. The van der Waals surface area contributed by atoms with E-state index in [0.29, 0.717) is 13.1 Å². The molecule has 0 aromatic rings. The number of amides is 4. The number of hydrogen-bond acceptors (Lipinski definition) is 4. The Bertz CT molecular complexity index is 332. The van der Waals surface area contributed by atoms with Crippen molar-refractivity contribution in [2.24, 2.45) is 5.73 Å². The summed E-state index contributed by atoms with van der Waals surface area (Å²) >= 11 is 0. The molecule has 7 nitrogen and oxygen atoms in total. The standard InChI is InChI=1S/C11H20N4O3/c1-9(16)15-5-2-4-14(7-8-15)6-3-10(17)13-11(12)18/h2-8H2,1H3,(H3,12,13,17,18). The van der Waals surface area contributed by atoms with Crippen LogP contribution in [0.15, 0.2) is 0 Å². The second-order valence-electron chi connectivity index (χ2n) is 4.36. The normalized spacial score (nSPS) is 17.1. The maximum absolute atomic E-state index is 11.3. The van der Waals surface area contributed by atoms with Crippen LogP contribution >= 0.6 is 0 Å². The number of nitrogens with two attached hydrogens (primary N) is 1. The number of imide groups is 1. The van der Waals surface area contributed by atoms with Crippen molar-refractivity contribution in [3.63, 3.8) is 0 Å². The summed E-state index contributed by atoms with van der Waals surface area (Å²) in [5, 5.41) is 2.03. The lowest BCUT2D eigenvalue weighted by molar-refractivity contribution is -0.128. The molecule has 0 aliphatic carbocycles. The van der Waals surface area contributed by atoms with Crippen LogP contribution in [-0.4, -0.2) is 60.4 Å². The summed E-state index contributed by atoms with van der Waals surface area (Å²) in [5.74, 6) is -0.279. The number of nitrogens with one attached hydrogen (secondary N) is 1. The van der Waals surface area contributed by atoms with Crippen LogP contribution in [0.4, 0.5) is 4.79 Å². The molecule has 1 fully saturated rings. The van der Waals surface area contributed by atoms with Gasteiger partial charge < -0.3 is 15.5 Å². The summed E-state index contributed by atoms with van der Waals surface area (Å²) < 4.78 is 0. The van der Waals surface area contributed by atoms with Crippen molar-refractivity contribution in [2.75, 3.05) is 32.7 Å². The monoisotopic (exact) mass is 256 g/mol. The summed E-state index contributed by atoms with van der Waals surface area (Å²) in [5.41, 5.74) is 4.85. The fourth-order valence-corrected chi connectivity index (χ4v) is 1.97. The number of carbonyl (C=O) groups excluding carboxylic acids is 3. The Labute approximate surface area is 106 Å². The van der Waals surface area contributed by atoms with Crippen LogP contribution in [0.1, 0.15) is 19.8 Å². The number of hydrogen-bond donors (Lipinski definition) is 2. The minimum atomic E-state index is -0.821. The van der Waals surface area contributed by atoms with Gasteiger partial charge in [0.25, 0.3) is 0 Å². The predicted octanol–water partition coefficient (Wildman–Crippen LogP) is -0.874. The van der Waals surface area contributed by atoms with E-state index in [1.54, 1.807) is 6.92 Å². The molecular formula is C11H20N4O3. The highest BCUT2D eigenvalue weighted by Gasteiger charge is 2.17. The van der Waals surface area contributed by atoms with E-state index in [-0.39, 0.29) is 18.2 Å². The molecule has 0 saturated carbocycles. The van der Waals surface area contributed by atoms with Gasteiger partial charge in [0.15, 0.2) is 0 Å². The molecule has 0 spiro atoms. The first-order chi connectivity index (χ1) is 8.49. The molecule has 0 aromatic heterocycles. The number of carbonyl (C=O) groups is 3. The van der Waals surface area contributed by atoms with E-state index in [1.807, 2.05) is 10.2 Å². The highest BCUT2D eigenvalue weighted by Crippen LogP contribution is 2.04. The Kier molecular flexibility index (Phi) is 5.57. The van der Waals surface area contributed by atoms with Gasteiger partial charge in [-0.15, -0.1) is 0 Å². The molecule has 3 N–H and O–H groups in total. The zero-order valence-corrected chi connectivity index (χ0v) is 10.6. The molecule has 0 bridgehead atoms. The molecule has 1 saturated heterocycles. The van der Waals surface area contributed by atoms with Crippen molar-refractivity contribution in [3.8, 4) is 0 Å². The molecule has 1 aliphatic rings. The van der Waals surface area contributed by atoms with E-state index in [2.05, 4.69) is 4.90 Å². The van der Waals surface area contributed by atoms with Crippen LogP contribution in [-0.2, 0) is 9.59 Å². The second kappa shape index (κ2) is 6.95. The van der Waals surface area contributed by atoms with Gasteiger partial charge in [-0.05, 0) is 13.0 Å². The van der Waals surface area contributed by atoms with Gasteiger partial charge in [-0.2, -0.15) is 0 Å². The van der Waals surface area contributed by atoms with Gasteiger partial charge in [-0.3, -0.25) is 14.9 Å². The lowest BCUT2D eigenvalue weighted by atomic mass is 10.3. The highest BCUT2D eigenvalue weighted by molar-refractivity contribution is 5.93. The fraction of sp³-hybridized carbons (Fsp3) is 0.727. The lowest BCUT2D eigenvalue weighted by Gasteiger charge is -2.20. The van der Waals surface area contributed by atoms with Gasteiger partial charge in [-0.25, -0.2) is 4.79 Å². The maximum atomic E-state index is 11.3. The highest BCUT2D eigenvalue weighted by atomic mass is 16.2. The van der Waals surface area contributed by atoms with E-state index in [9.17, 15) is 14.4 Å². The molecular weight excluding hydrogens is 236 g/mol. The Morgan fingerprint density at radius 3 is 2.50 bits per heavy atom. The van der Waals surface area contributed by atoms with E-state index in [0.717, 1.165) is 26.1 Å². The predicted molar refractivity (Wildman–Crippen MR) is 65.7 cm³/mol. The summed E-state index contributed by atoms with van der Waals surface area (Å²) in [6.45, 7) is 5.20. The van der Waals surface area contributed by atoms with Gasteiger partial charge in [-0.1, -0.05) is 0 Å². The van der Waals surface area contributed by atoms with Crippen molar-refractivity contribution in [1.82, 2.24) is 15.1 Å². The molecule has 1 rings (SSSR count). The number of nitrogens with zero attached hydrogens (tertiary/aromatic N) is 2. The zero-order chi connectivity index (χ0) is 13.5. The summed E-state index contributed by atoms with van der Waals surface area (Å²) in [4.78, 5) is 36.9. The Hall–Kier alpha value is -1.63. The minimum Gasteiger partial charge on any atom is -0.351 e. The van der Waals surface area contributed by atoms with Gasteiger partial charge in [0.05, 0.1) is 0 Å². The van der Waals surface area contributed by atoms with Crippen LogP contribution in [0, 0.1) is 0 Å². The molecule has 102 valence electrons. The van der Waals surface area contributed by atoms with Crippen molar-refractivity contribution in [1.29, 1.82) is 0 Å². The van der Waals surface area contributed by atoms with Crippen molar-refractivity contribution in [2.45, 2.75) is 19.8 Å². The Morgan fingerprint density at radius 2 is 1.89 bits per heavy atom. The number of urea groups is 1. The molecule has 4 amide bonds.